The van der Waals surface area contributed by atoms with Crippen LogP contribution >= 0.6 is 35.3 Å². The number of aliphatic carboxylic acids is 1. The van der Waals surface area contributed by atoms with Crippen molar-refractivity contribution in [3.63, 3.8) is 0 Å². The van der Waals surface area contributed by atoms with Crippen molar-refractivity contribution in [2.24, 2.45) is 15.4 Å². The number of phenols is 1. The number of thioether (sulfide) groups is 3. The second-order valence-electron chi connectivity index (χ2n) is 9.07. The molecule has 0 saturated carbocycles. The van der Waals surface area contributed by atoms with Gasteiger partial charge in [-0.05, 0) is 25.1 Å². The smallest absolute Gasteiger partial charge is 0.332 e. The predicted molar refractivity (Wildman–Crippen MR) is 134 cm³/mol. The lowest BCUT2D eigenvalue weighted by atomic mass is 9.83. The predicted octanol–water partition coefficient (Wildman–Crippen LogP) is 2.24. The first-order valence-corrected chi connectivity index (χ1v) is 13.3. The van der Waals surface area contributed by atoms with E-state index in [1.165, 1.54) is 11.8 Å². The molecule has 3 aliphatic rings. The standard InChI is InChI=1S/C21H28N4O4S3/c1-20(2,18-25-21(3,9-32-18)19(28)29)15(27)12-7-31-17(23-12)13-8-30-16(24-13)11-6-10(22)4-5-14(11)26/h4-6,12-13,15,17,23,26-27H,7-9,22H2,1-3H3,(H,28,29)/t12?,13-,15-,17?,21-/m1/s1. The number of nitrogens with zero attached hydrogens (tertiary/aromatic N) is 2. The van der Waals surface area contributed by atoms with Crippen molar-refractivity contribution < 1.29 is 20.1 Å². The molecular formula is C21H28N4O4S3. The number of hydrogen-bond donors (Lipinski definition) is 5. The van der Waals surface area contributed by atoms with Gasteiger partial charge in [0.25, 0.3) is 0 Å². The molecule has 0 aromatic heterocycles. The molecule has 5 atom stereocenters. The topological polar surface area (TPSA) is 141 Å². The Morgan fingerprint density at radius 2 is 2.09 bits per heavy atom. The van der Waals surface area contributed by atoms with Crippen LogP contribution in [0.2, 0.25) is 0 Å². The molecule has 6 N–H and O–H groups in total. The number of phenolic OH excluding ortho intramolecular Hbond substituents is 1. The molecule has 8 nitrogen and oxygen atoms in total. The Bertz CT molecular complexity index is 986. The summed E-state index contributed by atoms with van der Waals surface area (Å²) in [7, 11) is 0. The molecule has 0 spiro atoms. The van der Waals surface area contributed by atoms with E-state index in [2.05, 4.69) is 10.3 Å². The van der Waals surface area contributed by atoms with E-state index < -0.39 is 23.0 Å². The molecule has 3 heterocycles. The fourth-order valence-electron chi connectivity index (χ4n) is 3.90. The van der Waals surface area contributed by atoms with Crippen molar-refractivity contribution in [1.29, 1.82) is 0 Å². The molecule has 0 bridgehead atoms. The summed E-state index contributed by atoms with van der Waals surface area (Å²) < 4.78 is 0. The van der Waals surface area contributed by atoms with E-state index in [4.69, 9.17) is 10.7 Å². The van der Waals surface area contributed by atoms with Crippen molar-refractivity contribution in [3.05, 3.63) is 23.8 Å². The molecule has 2 unspecified atom stereocenters. The van der Waals surface area contributed by atoms with Crippen LogP contribution in [0.3, 0.4) is 0 Å². The van der Waals surface area contributed by atoms with E-state index in [0.717, 1.165) is 16.5 Å². The summed E-state index contributed by atoms with van der Waals surface area (Å²) in [6.45, 7) is 5.45. The van der Waals surface area contributed by atoms with Crippen LogP contribution < -0.4 is 11.1 Å². The van der Waals surface area contributed by atoms with Gasteiger partial charge in [-0.15, -0.1) is 35.3 Å². The van der Waals surface area contributed by atoms with Crippen LogP contribution in [0, 0.1) is 5.41 Å². The van der Waals surface area contributed by atoms with Crippen LogP contribution in [0.15, 0.2) is 28.2 Å². The minimum absolute atomic E-state index is 0.00893. The lowest BCUT2D eigenvalue weighted by molar-refractivity contribution is -0.141. The number of aliphatic imine (C=N–C) groups is 2. The first-order chi connectivity index (χ1) is 15.0. The first kappa shape index (κ1) is 23.7. The summed E-state index contributed by atoms with van der Waals surface area (Å²) in [6, 6.07) is 4.82. The SMILES string of the molecule is CC(C)(C1=N[C@@](C)(C(=O)O)CS1)[C@H](O)C1CSC([C@H]2CSC(c3cc(N)ccc3O)=N2)N1. The zero-order valence-electron chi connectivity index (χ0n) is 18.1. The van der Waals surface area contributed by atoms with Crippen molar-refractivity contribution in [2.45, 2.75) is 49.9 Å². The Morgan fingerprint density at radius 3 is 2.78 bits per heavy atom. The Labute approximate surface area is 199 Å². The third kappa shape index (κ3) is 4.37. The van der Waals surface area contributed by atoms with Gasteiger partial charge >= 0.3 is 5.97 Å². The van der Waals surface area contributed by atoms with Crippen LogP contribution in [-0.4, -0.2) is 77.7 Å². The maximum Gasteiger partial charge on any atom is 0.332 e. The molecule has 1 saturated heterocycles. The third-order valence-corrected chi connectivity index (χ3v) is 10.1. The molecule has 1 aromatic rings. The van der Waals surface area contributed by atoms with Crippen LogP contribution in [-0.2, 0) is 4.79 Å². The summed E-state index contributed by atoms with van der Waals surface area (Å²) >= 11 is 4.73. The number of carboxylic acids is 1. The van der Waals surface area contributed by atoms with Crippen molar-refractivity contribution in [1.82, 2.24) is 5.32 Å². The molecule has 3 aliphatic heterocycles. The molecule has 0 radical (unpaired) electrons. The molecule has 1 aromatic carbocycles. The van der Waals surface area contributed by atoms with Crippen molar-refractivity contribution >= 4 is 57.0 Å². The number of nitrogens with one attached hydrogen (secondary N) is 1. The van der Waals surface area contributed by atoms with Gasteiger partial charge < -0.3 is 21.1 Å². The highest BCUT2D eigenvalue weighted by atomic mass is 32.2. The van der Waals surface area contributed by atoms with E-state index >= 15 is 0 Å². The highest BCUT2D eigenvalue weighted by Crippen LogP contribution is 2.41. The summed E-state index contributed by atoms with van der Waals surface area (Å²) in [6.07, 6.45) is -0.724. The number of anilines is 1. The molecular weight excluding hydrogens is 468 g/mol. The molecule has 32 heavy (non-hydrogen) atoms. The molecule has 0 aliphatic carbocycles. The summed E-state index contributed by atoms with van der Waals surface area (Å²) in [5.41, 5.74) is 5.28. The zero-order valence-corrected chi connectivity index (χ0v) is 20.6. The van der Waals surface area contributed by atoms with Gasteiger partial charge in [0.05, 0.1) is 28.1 Å². The number of carboxylic acid groups (broad SMARTS) is 1. The minimum Gasteiger partial charge on any atom is -0.507 e. The van der Waals surface area contributed by atoms with Gasteiger partial charge in [-0.2, -0.15) is 0 Å². The fourth-order valence-corrected chi connectivity index (χ4v) is 7.86. The number of aromatic hydroxyl groups is 1. The Kier molecular flexibility index (Phi) is 6.49. The number of aliphatic hydroxyl groups excluding tert-OH is 1. The lowest BCUT2D eigenvalue weighted by Crippen LogP contribution is -2.51. The van der Waals surface area contributed by atoms with Crippen LogP contribution in [0.4, 0.5) is 5.69 Å². The van der Waals surface area contributed by atoms with E-state index in [9.17, 15) is 20.1 Å². The number of rotatable bonds is 6. The van der Waals surface area contributed by atoms with Crippen LogP contribution in [0.5, 0.6) is 5.75 Å². The average molecular weight is 497 g/mol. The summed E-state index contributed by atoms with van der Waals surface area (Å²) in [4.78, 5) is 20.8. The molecule has 0 amide bonds. The van der Waals surface area contributed by atoms with Gasteiger partial charge in [0.1, 0.15) is 10.8 Å². The van der Waals surface area contributed by atoms with Gasteiger partial charge in [0, 0.05) is 34.4 Å². The maximum atomic E-state index is 11.5. The van der Waals surface area contributed by atoms with E-state index in [0.29, 0.717) is 22.0 Å². The molecule has 11 heteroatoms. The average Bonchev–Trinajstić information content (AvgIpc) is 3.48. The summed E-state index contributed by atoms with van der Waals surface area (Å²) in [5, 5.41) is 35.9. The fraction of sp³-hybridized carbons (Fsp3) is 0.571. The van der Waals surface area contributed by atoms with Gasteiger partial charge in [-0.3, -0.25) is 15.3 Å². The van der Waals surface area contributed by atoms with Gasteiger partial charge in [0.15, 0.2) is 5.54 Å². The maximum absolute atomic E-state index is 11.5. The van der Waals surface area contributed by atoms with E-state index in [1.807, 2.05) is 13.8 Å². The largest absolute Gasteiger partial charge is 0.507 e. The Balaban J connectivity index is 1.44. The monoisotopic (exact) mass is 496 g/mol. The molecule has 4 rings (SSSR count). The number of benzene rings is 1. The number of hydrogen-bond acceptors (Lipinski definition) is 10. The number of aliphatic hydroxyl groups is 1. The van der Waals surface area contributed by atoms with Crippen molar-refractivity contribution in [2.75, 3.05) is 23.0 Å². The van der Waals surface area contributed by atoms with E-state index in [1.54, 1.807) is 48.6 Å². The summed E-state index contributed by atoms with van der Waals surface area (Å²) in [5.74, 6) is 1.09. The quantitative estimate of drug-likeness (QED) is 0.296. The highest BCUT2D eigenvalue weighted by molar-refractivity contribution is 8.15. The highest BCUT2D eigenvalue weighted by Gasteiger charge is 2.48. The van der Waals surface area contributed by atoms with E-state index in [-0.39, 0.29) is 23.2 Å². The number of carbonyl (C=O) groups is 1. The minimum atomic E-state index is -1.14. The zero-order chi connectivity index (χ0) is 23.3. The first-order valence-electron chi connectivity index (χ1n) is 10.3. The van der Waals surface area contributed by atoms with Crippen molar-refractivity contribution in [3.8, 4) is 5.75 Å². The van der Waals surface area contributed by atoms with Crippen LogP contribution in [0.1, 0.15) is 26.3 Å². The Hall–Kier alpha value is -1.40. The lowest BCUT2D eigenvalue weighted by Gasteiger charge is -2.34. The molecule has 174 valence electrons. The van der Waals surface area contributed by atoms with Gasteiger partial charge in [-0.25, -0.2) is 4.79 Å². The van der Waals surface area contributed by atoms with Gasteiger partial charge in [-0.1, -0.05) is 13.8 Å². The van der Waals surface area contributed by atoms with Gasteiger partial charge in [0.2, 0.25) is 0 Å². The van der Waals surface area contributed by atoms with Crippen LogP contribution in [0.25, 0.3) is 0 Å². The number of nitrogen functional groups attached to an aromatic ring is 1. The third-order valence-electron chi connectivity index (χ3n) is 6.08. The second-order valence-corrected chi connectivity index (χ2v) is 12.2. The number of nitrogens with two attached hydrogens (primary N) is 1. The second kappa shape index (κ2) is 8.75. The molecule has 1 fully saturated rings. The normalized spacial score (nSPS) is 31.4. The Morgan fingerprint density at radius 1 is 1.34 bits per heavy atom.